The smallest absolute Gasteiger partial charge is 0.328 e. The van der Waals surface area contributed by atoms with Gasteiger partial charge < -0.3 is 15.4 Å². The summed E-state index contributed by atoms with van der Waals surface area (Å²) in [7, 11) is 1.26. The highest BCUT2D eigenvalue weighted by atomic mass is 35.5. The van der Waals surface area contributed by atoms with Crippen molar-refractivity contribution in [1.82, 2.24) is 5.32 Å². The second-order valence-electron chi connectivity index (χ2n) is 9.31. The van der Waals surface area contributed by atoms with Gasteiger partial charge in [0.05, 0.1) is 22.7 Å². The van der Waals surface area contributed by atoms with Gasteiger partial charge in [-0.2, -0.15) is 0 Å². The summed E-state index contributed by atoms with van der Waals surface area (Å²) in [5.74, 6) is -1.75. The fourth-order valence-electron chi connectivity index (χ4n) is 4.54. The second-order valence-corrected chi connectivity index (χ2v) is 10.1. The highest BCUT2D eigenvalue weighted by Crippen LogP contribution is 2.51. The minimum Gasteiger partial charge on any atom is -0.467 e. The third-order valence-corrected chi connectivity index (χ3v) is 7.35. The predicted molar refractivity (Wildman–Crippen MR) is 135 cm³/mol. The summed E-state index contributed by atoms with van der Waals surface area (Å²) in [5.41, 5.74) is 0.976. The first-order valence-electron chi connectivity index (χ1n) is 11.2. The maximum Gasteiger partial charge on any atom is 0.328 e. The molecule has 2 aromatic rings. The van der Waals surface area contributed by atoms with Gasteiger partial charge in [0.2, 0.25) is 5.91 Å². The molecule has 3 atom stereocenters. The molecule has 0 radical (unpaired) electrons. The van der Waals surface area contributed by atoms with Crippen molar-refractivity contribution >= 4 is 52.5 Å². The van der Waals surface area contributed by atoms with Crippen LogP contribution in [0.4, 0.5) is 5.69 Å². The van der Waals surface area contributed by atoms with Crippen LogP contribution in [0.3, 0.4) is 0 Å². The molecule has 1 fully saturated rings. The molecular weight excluding hydrogens is 491 g/mol. The minimum absolute atomic E-state index is 0.0626. The van der Waals surface area contributed by atoms with Gasteiger partial charge in [-0.25, -0.2) is 4.79 Å². The van der Waals surface area contributed by atoms with Crippen molar-refractivity contribution in [2.45, 2.75) is 39.7 Å². The fraction of sp³-hybridized carbons (Fsp3) is 0.385. The first-order chi connectivity index (χ1) is 16.4. The van der Waals surface area contributed by atoms with Crippen molar-refractivity contribution in [2.75, 3.05) is 12.4 Å². The Labute approximate surface area is 214 Å². The van der Waals surface area contributed by atoms with Gasteiger partial charge in [-0.15, -0.1) is 0 Å². The number of nitrogens with one attached hydrogen (secondary N) is 2. The summed E-state index contributed by atoms with van der Waals surface area (Å²) in [6.45, 7) is 5.32. The highest BCUT2D eigenvalue weighted by Gasteiger charge is 2.53. The Morgan fingerprint density at radius 1 is 1.03 bits per heavy atom. The van der Waals surface area contributed by atoms with Crippen molar-refractivity contribution in [3.8, 4) is 0 Å². The largest absolute Gasteiger partial charge is 0.467 e. The van der Waals surface area contributed by atoms with Crippen molar-refractivity contribution in [3.63, 3.8) is 0 Å². The van der Waals surface area contributed by atoms with Crippen molar-refractivity contribution in [1.29, 1.82) is 0 Å². The van der Waals surface area contributed by atoms with Gasteiger partial charge in [0.15, 0.2) is 0 Å². The molecular formula is C26H28Cl2N2O5. The zero-order valence-electron chi connectivity index (χ0n) is 20.0. The van der Waals surface area contributed by atoms with Crippen LogP contribution >= 0.6 is 23.2 Å². The SMILES string of the molecule is COC(=O)[C@H](Cc1ccc(NC(=O)c2c(Cl)cccc2Cl)cc1)NC(=O)[C@@H]1C[C@H](C(C)=O)C1(C)C. The normalized spacial score (nSPS) is 19.1. The first-order valence-corrected chi connectivity index (χ1v) is 11.9. The van der Waals surface area contributed by atoms with Crippen LogP contribution in [0.25, 0.3) is 0 Å². The number of carbonyl (C=O) groups excluding carboxylic acids is 4. The van der Waals surface area contributed by atoms with E-state index in [4.69, 9.17) is 27.9 Å². The summed E-state index contributed by atoms with van der Waals surface area (Å²) in [5, 5.41) is 6.02. The van der Waals surface area contributed by atoms with Crippen LogP contribution < -0.4 is 10.6 Å². The lowest BCUT2D eigenvalue weighted by atomic mass is 9.53. The number of methoxy groups -OCH3 is 1. The van der Waals surface area contributed by atoms with Crippen molar-refractivity contribution < 1.29 is 23.9 Å². The molecule has 9 heteroatoms. The zero-order chi connectivity index (χ0) is 25.9. The predicted octanol–water partition coefficient (Wildman–Crippen LogP) is 4.70. The topological polar surface area (TPSA) is 102 Å². The first kappa shape index (κ1) is 26.7. The summed E-state index contributed by atoms with van der Waals surface area (Å²) >= 11 is 12.2. The van der Waals surface area contributed by atoms with Crippen molar-refractivity contribution in [2.24, 2.45) is 17.3 Å². The molecule has 3 rings (SSSR count). The lowest BCUT2D eigenvalue weighted by Crippen LogP contribution is -2.57. The van der Waals surface area contributed by atoms with E-state index in [2.05, 4.69) is 10.6 Å². The average molecular weight is 519 g/mol. The van der Waals surface area contributed by atoms with Gasteiger partial charge in [-0.3, -0.25) is 14.4 Å². The summed E-state index contributed by atoms with van der Waals surface area (Å²) in [6.07, 6.45) is 0.665. The van der Waals surface area contributed by atoms with E-state index >= 15 is 0 Å². The Hall–Kier alpha value is -2.90. The van der Waals surface area contributed by atoms with Crippen LogP contribution in [-0.2, 0) is 25.5 Å². The number of carbonyl (C=O) groups is 4. The number of rotatable bonds is 8. The van der Waals surface area contributed by atoms with Crippen LogP contribution in [0, 0.1) is 17.3 Å². The maximum absolute atomic E-state index is 12.9. The number of ketones is 1. The van der Waals surface area contributed by atoms with E-state index in [1.165, 1.54) is 14.0 Å². The number of halogens is 2. The number of amides is 2. The number of esters is 1. The lowest BCUT2D eigenvalue weighted by molar-refractivity contribution is -0.153. The van der Waals surface area contributed by atoms with Gasteiger partial charge >= 0.3 is 5.97 Å². The monoisotopic (exact) mass is 518 g/mol. The molecule has 186 valence electrons. The molecule has 35 heavy (non-hydrogen) atoms. The maximum atomic E-state index is 12.9. The van der Waals surface area contributed by atoms with Gasteiger partial charge in [-0.1, -0.05) is 55.2 Å². The Morgan fingerprint density at radius 2 is 1.63 bits per heavy atom. The van der Waals surface area contributed by atoms with Gasteiger partial charge in [0.1, 0.15) is 11.8 Å². The summed E-state index contributed by atoms with van der Waals surface area (Å²) < 4.78 is 4.89. The van der Waals surface area contributed by atoms with Crippen LogP contribution in [-0.4, -0.2) is 36.7 Å². The highest BCUT2D eigenvalue weighted by molar-refractivity contribution is 6.40. The number of hydrogen-bond donors (Lipinski definition) is 2. The summed E-state index contributed by atoms with van der Waals surface area (Å²) in [4.78, 5) is 49.6. The Morgan fingerprint density at radius 3 is 2.14 bits per heavy atom. The molecule has 7 nitrogen and oxygen atoms in total. The third-order valence-electron chi connectivity index (χ3n) is 6.72. The summed E-state index contributed by atoms with van der Waals surface area (Å²) in [6, 6.07) is 10.8. The number of hydrogen-bond acceptors (Lipinski definition) is 5. The van der Waals surface area contributed by atoms with Gasteiger partial charge in [0, 0.05) is 23.9 Å². The van der Waals surface area contributed by atoms with E-state index < -0.39 is 23.3 Å². The van der Waals surface area contributed by atoms with Crippen LogP contribution in [0.1, 0.15) is 43.1 Å². The van der Waals surface area contributed by atoms with E-state index in [0.717, 1.165) is 5.56 Å². The zero-order valence-corrected chi connectivity index (χ0v) is 21.5. The van der Waals surface area contributed by atoms with Crippen LogP contribution in [0.2, 0.25) is 10.0 Å². The minimum atomic E-state index is -0.887. The fourth-order valence-corrected chi connectivity index (χ4v) is 5.11. The number of Topliss-reactive ketones (excluding diaryl/α,β-unsaturated/α-hetero) is 1. The van der Waals surface area contributed by atoms with Gasteiger partial charge in [-0.05, 0) is 48.6 Å². The molecule has 0 aliphatic heterocycles. The molecule has 0 bridgehead atoms. The van der Waals surface area contributed by atoms with E-state index in [1.807, 2.05) is 13.8 Å². The molecule has 0 unspecified atom stereocenters. The van der Waals surface area contributed by atoms with Crippen molar-refractivity contribution in [3.05, 3.63) is 63.6 Å². The molecule has 1 saturated carbocycles. The second kappa shape index (κ2) is 10.8. The molecule has 2 amide bonds. The Kier molecular flexibility index (Phi) is 8.23. The molecule has 2 N–H and O–H groups in total. The number of anilines is 1. The Balaban J connectivity index is 1.66. The molecule has 0 spiro atoms. The molecule has 1 aliphatic rings. The molecule has 0 heterocycles. The van der Waals surface area contributed by atoms with Crippen LogP contribution in [0.5, 0.6) is 0 Å². The molecule has 2 aromatic carbocycles. The van der Waals surface area contributed by atoms with E-state index in [0.29, 0.717) is 12.1 Å². The Bertz CT molecular complexity index is 1130. The molecule has 1 aliphatic carbocycles. The van der Waals surface area contributed by atoms with E-state index in [-0.39, 0.29) is 45.6 Å². The van der Waals surface area contributed by atoms with Crippen LogP contribution in [0.15, 0.2) is 42.5 Å². The number of ether oxygens (including phenoxy) is 1. The molecule has 0 saturated heterocycles. The average Bonchev–Trinajstić information content (AvgIpc) is 2.78. The lowest BCUT2D eigenvalue weighted by Gasteiger charge is -2.50. The van der Waals surface area contributed by atoms with E-state index in [9.17, 15) is 19.2 Å². The van der Waals surface area contributed by atoms with Gasteiger partial charge in [0.25, 0.3) is 5.91 Å². The number of benzene rings is 2. The van der Waals surface area contributed by atoms with E-state index in [1.54, 1.807) is 42.5 Å². The molecule has 0 aromatic heterocycles. The standard InChI is InChI=1S/C26H28Cl2N2O5/c1-14(31)17-13-18(26(17,2)3)23(32)30-21(25(34)35-4)12-15-8-10-16(11-9-15)29-24(33)22-19(27)6-5-7-20(22)28/h5-11,17-18,21H,12-13H2,1-4H3,(H,29,33)(H,30,32)/t17-,18+,21+/m1/s1. The quantitative estimate of drug-likeness (QED) is 0.493. The third kappa shape index (κ3) is 5.85.